The molecule has 1 heterocycles. The van der Waals surface area contributed by atoms with Crippen LogP contribution in [-0.2, 0) is 0 Å². The summed E-state index contributed by atoms with van der Waals surface area (Å²) in [6.07, 6.45) is 6.73. The van der Waals surface area contributed by atoms with E-state index in [-0.39, 0.29) is 6.03 Å². The Morgan fingerprint density at radius 3 is 2.64 bits per heavy atom. The highest BCUT2D eigenvalue weighted by atomic mass is 16.2. The highest BCUT2D eigenvalue weighted by molar-refractivity contribution is 5.89. The average Bonchev–Trinajstić information content (AvgIpc) is 2.13. The molecule has 1 aliphatic rings. The zero-order valence-electron chi connectivity index (χ0n) is 7.86. The summed E-state index contributed by atoms with van der Waals surface area (Å²) < 4.78 is 0. The molecule has 1 saturated carbocycles. The fourth-order valence-electron chi connectivity index (χ4n) is 1.34. The molecule has 0 bridgehead atoms. The van der Waals surface area contributed by atoms with E-state index < -0.39 is 0 Å². The molecule has 14 heavy (non-hydrogen) atoms. The lowest BCUT2D eigenvalue weighted by Crippen LogP contribution is -2.41. The summed E-state index contributed by atoms with van der Waals surface area (Å²) in [5.41, 5.74) is 0.775. The molecular weight excluding hydrogens is 178 g/mol. The first-order valence-electron chi connectivity index (χ1n) is 4.82. The quantitative estimate of drug-likeness (QED) is 0.748. The van der Waals surface area contributed by atoms with Crippen molar-refractivity contribution in [3.8, 4) is 0 Å². The second-order valence-electron chi connectivity index (χ2n) is 3.46. The molecule has 1 fully saturated rings. The smallest absolute Gasteiger partial charge is 0.319 e. The van der Waals surface area contributed by atoms with Crippen LogP contribution in [0.15, 0.2) is 24.5 Å². The summed E-state index contributed by atoms with van der Waals surface area (Å²) in [4.78, 5) is 15.2. The first-order chi connectivity index (χ1) is 6.84. The maximum Gasteiger partial charge on any atom is 0.319 e. The molecule has 74 valence electrons. The van der Waals surface area contributed by atoms with Gasteiger partial charge >= 0.3 is 6.03 Å². The number of carbonyl (C=O) groups excluding carboxylic acids is 1. The number of carbonyl (C=O) groups is 1. The lowest BCUT2D eigenvalue weighted by atomic mass is 9.93. The summed E-state index contributed by atoms with van der Waals surface area (Å²) in [5.74, 6) is 0. The van der Waals surface area contributed by atoms with Gasteiger partial charge in [-0.05, 0) is 31.4 Å². The largest absolute Gasteiger partial charge is 0.335 e. The van der Waals surface area contributed by atoms with E-state index >= 15 is 0 Å². The molecule has 1 aromatic rings. The fraction of sp³-hybridized carbons (Fsp3) is 0.400. The van der Waals surface area contributed by atoms with Crippen LogP contribution < -0.4 is 10.6 Å². The number of aromatic nitrogens is 1. The Labute approximate surface area is 82.7 Å². The molecule has 0 radical (unpaired) electrons. The van der Waals surface area contributed by atoms with Crippen LogP contribution in [-0.4, -0.2) is 17.1 Å². The minimum absolute atomic E-state index is 0.124. The van der Waals surface area contributed by atoms with Crippen LogP contribution in [0.25, 0.3) is 0 Å². The second kappa shape index (κ2) is 4.09. The monoisotopic (exact) mass is 191 g/mol. The van der Waals surface area contributed by atoms with Crippen molar-refractivity contribution in [3.05, 3.63) is 24.5 Å². The summed E-state index contributed by atoms with van der Waals surface area (Å²) in [5, 5.41) is 5.65. The third-order valence-corrected chi connectivity index (χ3v) is 2.38. The molecule has 1 aromatic heterocycles. The van der Waals surface area contributed by atoms with E-state index in [9.17, 15) is 4.79 Å². The number of nitrogens with zero attached hydrogens (tertiary/aromatic N) is 1. The number of urea groups is 1. The van der Waals surface area contributed by atoms with Crippen molar-refractivity contribution >= 4 is 11.7 Å². The Bertz CT molecular complexity index is 308. The Morgan fingerprint density at radius 2 is 2.07 bits per heavy atom. The molecule has 4 heteroatoms. The van der Waals surface area contributed by atoms with E-state index in [0.717, 1.165) is 18.5 Å². The SMILES string of the molecule is O=C(Nc1ccncc1)NC1CCC1. The minimum Gasteiger partial charge on any atom is -0.335 e. The number of hydrogen-bond acceptors (Lipinski definition) is 2. The molecule has 0 spiro atoms. The molecule has 0 aromatic carbocycles. The van der Waals surface area contributed by atoms with E-state index in [1.807, 2.05) is 0 Å². The molecule has 2 amide bonds. The number of rotatable bonds is 2. The van der Waals surface area contributed by atoms with Gasteiger partial charge in [0.05, 0.1) is 0 Å². The number of hydrogen-bond donors (Lipinski definition) is 2. The van der Waals surface area contributed by atoms with E-state index in [2.05, 4.69) is 15.6 Å². The standard InChI is InChI=1S/C10H13N3O/c14-10(12-8-2-1-3-8)13-9-4-6-11-7-5-9/h4-8H,1-3H2,(H2,11,12,13,14). The molecule has 2 rings (SSSR count). The summed E-state index contributed by atoms with van der Waals surface area (Å²) in [7, 11) is 0. The van der Waals surface area contributed by atoms with Gasteiger partial charge < -0.3 is 10.6 Å². The molecule has 0 aliphatic heterocycles. The van der Waals surface area contributed by atoms with Crippen LogP contribution in [0.2, 0.25) is 0 Å². The Balaban J connectivity index is 1.82. The molecular formula is C10H13N3O. The number of nitrogens with one attached hydrogen (secondary N) is 2. The van der Waals surface area contributed by atoms with E-state index in [4.69, 9.17) is 0 Å². The van der Waals surface area contributed by atoms with Gasteiger partial charge in [0.25, 0.3) is 0 Å². The average molecular weight is 191 g/mol. The van der Waals surface area contributed by atoms with Gasteiger partial charge in [-0.2, -0.15) is 0 Å². The lowest BCUT2D eigenvalue weighted by Gasteiger charge is -2.26. The Morgan fingerprint density at radius 1 is 1.36 bits per heavy atom. The predicted molar refractivity (Wildman–Crippen MR) is 54.0 cm³/mol. The molecule has 1 aliphatic carbocycles. The van der Waals surface area contributed by atoms with Gasteiger partial charge in [0.15, 0.2) is 0 Å². The topological polar surface area (TPSA) is 54.0 Å². The van der Waals surface area contributed by atoms with Crippen molar-refractivity contribution < 1.29 is 4.79 Å². The van der Waals surface area contributed by atoms with Crippen molar-refractivity contribution in [1.29, 1.82) is 0 Å². The van der Waals surface area contributed by atoms with Crippen LogP contribution in [0.1, 0.15) is 19.3 Å². The highest BCUT2D eigenvalue weighted by Crippen LogP contribution is 2.18. The molecule has 0 atom stereocenters. The summed E-state index contributed by atoms with van der Waals surface area (Å²) in [6, 6.07) is 3.78. The number of pyridine rings is 1. The van der Waals surface area contributed by atoms with Gasteiger partial charge in [0, 0.05) is 24.1 Å². The van der Waals surface area contributed by atoms with Crippen molar-refractivity contribution in [2.75, 3.05) is 5.32 Å². The molecule has 2 N–H and O–H groups in total. The molecule has 4 nitrogen and oxygen atoms in total. The Hall–Kier alpha value is -1.58. The predicted octanol–water partition coefficient (Wildman–Crippen LogP) is 1.76. The number of anilines is 1. The van der Waals surface area contributed by atoms with Gasteiger partial charge in [-0.1, -0.05) is 0 Å². The van der Waals surface area contributed by atoms with Crippen LogP contribution >= 0.6 is 0 Å². The maximum atomic E-state index is 11.4. The van der Waals surface area contributed by atoms with Crippen molar-refractivity contribution in [3.63, 3.8) is 0 Å². The first kappa shape index (κ1) is 8.99. The normalized spacial score (nSPS) is 15.7. The minimum atomic E-state index is -0.124. The van der Waals surface area contributed by atoms with Crippen molar-refractivity contribution in [2.24, 2.45) is 0 Å². The van der Waals surface area contributed by atoms with Crippen LogP contribution in [0, 0.1) is 0 Å². The van der Waals surface area contributed by atoms with Crippen molar-refractivity contribution in [2.45, 2.75) is 25.3 Å². The summed E-state index contributed by atoms with van der Waals surface area (Å²) >= 11 is 0. The van der Waals surface area contributed by atoms with E-state index in [1.54, 1.807) is 24.5 Å². The Kier molecular flexibility index (Phi) is 2.62. The van der Waals surface area contributed by atoms with Crippen LogP contribution in [0.3, 0.4) is 0 Å². The summed E-state index contributed by atoms with van der Waals surface area (Å²) in [6.45, 7) is 0. The van der Waals surface area contributed by atoms with Gasteiger partial charge in [-0.25, -0.2) is 4.79 Å². The number of amides is 2. The van der Waals surface area contributed by atoms with Crippen molar-refractivity contribution in [1.82, 2.24) is 10.3 Å². The third-order valence-electron chi connectivity index (χ3n) is 2.38. The van der Waals surface area contributed by atoms with E-state index in [0.29, 0.717) is 6.04 Å². The van der Waals surface area contributed by atoms with Crippen LogP contribution in [0.4, 0.5) is 10.5 Å². The van der Waals surface area contributed by atoms with Gasteiger partial charge in [-0.3, -0.25) is 4.98 Å². The third kappa shape index (κ3) is 2.22. The zero-order chi connectivity index (χ0) is 9.80. The van der Waals surface area contributed by atoms with E-state index in [1.165, 1.54) is 6.42 Å². The maximum absolute atomic E-state index is 11.4. The fourth-order valence-corrected chi connectivity index (χ4v) is 1.34. The van der Waals surface area contributed by atoms with Gasteiger partial charge in [0.1, 0.15) is 0 Å². The second-order valence-corrected chi connectivity index (χ2v) is 3.46. The van der Waals surface area contributed by atoms with Crippen LogP contribution in [0.5, 0.6) is 0 Å². The highest BCUT2D eigenvalue weighted by Gasteiger charge is 2.18. The first-order valence-corrected chi connectivity index (χ1v) is 4.82. The lowest BCUT2D eigenvalue weighted by molar-refractivity contribution is 0.240. The van der Waals surface area contributed by atoms with Gasteiger partial charge in [0.2, 0.25) is 0 Å². The molecule has 0 saturated heterocycles. The zero-order valence-corrected chi connectivity index (χ0v) is 7.86. The van der Waals surface area contributed by atoms with Gasteiger partial charge in [-0.15, -0.1) is 0 Å². The molecule has 0 unspecified atom stereocenters.